The Bertz CT molecular complexity index is 373. The summed E-state index contributed by atoms with van der Waals surface area (Å²) in [6.45, 7) is 10.4. The van der Waals surface area contributed by atoms with E-state index >= 15 is 0 Å². The second kappa shape index (κ2) is 11.6. The lowest BCUT2D eigenvalue weighted by Gasteiger charge is -2.18. The van der Waals surface area contributed by atoms with Crippen molar-refractivity contribution in [3.8, 4) is 0 Å². The van der Waals surface area contributed by atoms with Crippen molar-refractivity contribution in [1.29, 1.82) is 5.41 Å². The Hall–Kier alpha value is -1.46. The number of nitrogens with two attached hydrogens (primary N) is 1. The number of rotatable bonds is 6. The molecule has 0 saturated carbocycles. The molecule has 108 valence electrons. The molecule has 0 aliphatic carbocycles. The molecule has 0 heterocycles. The van der Waals surface area contributed by atoms with E-state index in [9.17, 15) is 0 Å². The third kappa shape index (κ3) is 7.54. The summed E-state index contributed by atoms with van der Waals surface area (Å²) in [5.74, 6) is 0.352. The van der Waals surface area contributed by atoms with Crippen molar-refractivity contribution < 1.29 is 4.79 Å². The normalized spacial score (nSPS) is 13.4. The number of nitrogens with one attached hydrogen (secondary N) is 2. The maximum Gasteiger partial charge on any atom is 0.154 e. The van der Waals surface area contributed by atoms with Crippen molar-refractivity contribution in [2.45, 2.75) is 27.7 Å². The molecular weight excluding hydrogens is 264 g/mol. The van der Waals surface area contributed by atoms with E-state index in [1.54, 1.807) is 0 Å². The van der Waals surface area contributed by atoms with Crippen molar-refractivity contribution in [3.63, 3.8) is 0 Å². The molecule has 19 heavy (non-hydrogen) atoms. The van der Waals surface area contributed by atoms with Gasteiger partial charge >= 0.3 is 0 Å². The van der Waals surface area contributed by atoms with E-state index in [4.69, 9.17) is 27.5 Å². The lowest BCUT2D eigenvalue weighted by molar-refractivity contribution is -0.0979. The summed E-state index contributed by atoms with van der Waals surface area (Å²) in [5, 5.41) is 10.4. The first-order chi connectivity index (χ1) is 8.97. The van der Waals surface area contributed by atoms with Gasteiger partial charge in [-0.1, -0.05) is 31.5 Å². The van der Waals surface area contributed by atoms with Crippen molar-refractivity contribution in [3.05, 3.63) is 23.0 Å². The highest BCUT2D eigenvalue weighted by molar-refractivity contribution is 6.70. The van der Waals surface area contributed by atoms with Gasteiger partial charge in [0.25, 0.3) is 0 Å². The highest BCUT2D eigenvalue weighted by Gasteiger charge is 2.11. The van der Waals surface area contributed by atoms with Gasteiger partial charge in [0.05, 0.1) is 5.70 Å². The Balaban J connectivity index is 0. The molecule has 0 unspecified atom stereocenters. The minimum absolute atomic E-state index is 0.253. The van der Waals surface area contributed by atoms with Crippen molar-refractivity contribution in [1.82, 2.24) is 5.32 Å². The third-order valence-corrected chi connectivity index (χ3v) is 2.61. The van der Waals surface area contributed by atoms with Crippen LogP contribution in [0.2, 0.25) is 0 Å². The molecule has 0 rings (SSSR count). The molecule has 0 spiro atoms. The summed E-state index contributed by atoms with van der Waals surface area (Å²) in [4.78, 5) is 11.8. The summed E-state index contributed by atoms with van der Waals surface area (Å²) in [7, 11) is 0. The third-order valence-electron chi connectivity index (χ3n) is 2.32. The predicted molar refractivity (Wildman–Crippen MR) is 82.7 cm³/mol. The van der Waals surface area contributed by atoms with Gasteiger partial charge < -0.3 is 15.8 Å². The monoisotopic (exact) mass is 286 g/mol. The van der Waals surface area contributed by atoms with E-state index < -0.39 is 0 Å². The Labute approximate surface area is 120 Å². The fourth-order valence-corrected chi connectivity index (χ4v) is 1.51. The number of hydrogen-bond donors (Lipinski definition) is 3. The largest absolute Gasteiger partial charge is 0.356 e. The smallest absolute Gasteiger partial charge is 0.154 e. The van der Waals surface area contributed by atoms with Crippen LogP contribution < -0.4 is 11.1 Å². The number of aliphatic imine (C=N–C) groups is 1. The molecule has 0 atom stereocenters. The molecule has 0 amide bonds. The quantitative estimate of drug-likeness (QED) is 0.517. The maximum atomic E-state index is 8.00. The van der Waals surface area contributed by atoms with Crippen LogP contribution >= 0.6 is 11.6 Å². The number of halogens is 1. The molecule has 0 aliphatic rings. The van der Waals surface area contributed by atoms with Gasteiger partial charge in [-0.3, -0.25) is 5.41 Å². The molecule has 5 nitrogen and oxygen atoms in total. The van der Waals surface area contributed by atoms with E-state index in [-0.39, 0.29) is 5.17 Å². The molecule has 6 heteroatoms. The lowest BCUT2D eigenvalue weighted by atomic mass is 10.1. The highest BCUT2D eigenvalue weighted by atomic mass is 35.5. The van der Waals surface area contributed by atoms with Crippen LogP contribution in [0.1, 0.15) is 27.7 Å². The second-order valence-electron chi connectivity index (χ2n) is 3.93. The van der Waals surface area contributed by atoms with E-state index in [1.807, 2.05) is 26.7 Å². The highest BCUT2D eigenvalue weighted by Crippen LogP contribution is 2.13. The van der Waals surface area contributed by atoms with Crippen LogP contribution in [0.25, 0.3) is 0 Å². The average molecular weight is 287 g/mol. The van der Waals surface area contributed by atoms with Gasteiger partial charge in [0, 0.05) is 12.2 Å². The molecule has 0 aliphatic heterocycles. The van der Waals surface area contributed by atoms with Crippen LogP contribution in [0.3, 0.4) is 0 Å². The molecule has 0 aromatic rings. The Morgan fingerprint density at radius 2 is 2.05 bits per heavy atom. The summed E-state index contributed by atoms with van der Waals surface area (Å²) < 4.78 is 0. The summed E-state index contributed by atoms with van der Waals surface area (Å²) in [5.41, 5.74) is 8.24. The number of carbonyl (C=O) groups excluding carboxylic acids is 1. The number of hydrogen-bond acceptors (Lipinski definition) is 4. The van der Waals surface area contributed by atoms with E-state index in [0.29, 0.717) is 18.2 Å². The van der Waals surface area contributed by atoms with Crippen molar-refractivity contribution in [2.75, 3.05) is 6.54 Å². The number of nitrogens with zero attached hydrogens (tertiary/aromatic N) is 1. The Morgan fingerprint density at radius 3 is 2.37 bits per heavy atom. The zero-order valence-corrected chi connectivity index (χ0v) is 12.7. The van der Waals surface area contributed by atoms with Crippen LogP contribution in [0.5, 0.6) is 0 Å². The Kier molecular flexibility index (Phi) is 12.2. The molecule has 0 radical (unpaired) electrons. The van der Waals surface area contributed by atoms with E-state index in [1.165, 1.54) is 0 Å². The van der Waals surface area contributed by atoms with Crippen LogP contribution in [-0.2, 0) is 4.79 Å². The molecule has 0 fully saturated rings. The minimum Gasteiger partial charge on any atom is -0.356 e. The van der Waals surface area contributed by atoms with Crippen molar-refractivity contribution >= 4 is 29.9 Å². The van der Waals surface area contributed by atoms with E-state index in [0.717, 1.165) is 17.6 Å². The van der Waals surface area contributed by atoms with E-state index in [2.05, 4.69) is 24.2 Å². The topological polar surface area (TPSA) is 91.3 Å². The molecular formula is C13H23ClN4O. The van der Waals surface area contributed by atoms with Gasteiger partial charge in [-0.15, -0.1) is 0 Å². The second-order valence-corrected chi connectivity index (χ2v) is 4.29. The number of allylic oxidation sites excluding steroid dienone is 3. The van der Waals surface area contributed by atoms with Gasteiger partial charge in [0.15, 0.2) is 5.17 Å². The molecule has 0 aromatic heterocycles. The fraction of sp³-hybridized carbons (Fsp3) is 0.462. The van der Waals surface area contributed by atoms with Gasteiger partial charge in [-0.05, 0) is 25.3 Å². The maximum absolute atomic E-state index is 8.00. The van der Waals surface area contributed by atoms with Crippen LogP contribution in [0.15, 0.2) is 28.0 Å². The van der Waals surface area contributed by atoms with Crippen LogP contribution in [0, 0.1) is 11.3 Å². The standard InChI is InChI=1S/C12H21ClN4.CH2O/c1-5-10(8(2)3)17-11(9(4)6-14)12(13)16-7-15;1-2/h5,7-8,15,17H,6,14H2,1-4H3;1H2/b10-5-,11-9+,15-7?,16-12?;. The van der Waals surface area contributed by atoms with Gasteiger partial charge in [-0.2, -0.15) is 0 Å². The fourth-order valence-electron chi connectivity index (χ4n) is 1.25. The first kappa shape index (κ1) is 19.9. The van der Waals surface area contributed by atoms with Crippen LogP contribution in [-0.4, -0.2) is 24.8 Å². The van der Waals surface area contributed by atoms with Gasteiger partial charge in [-0.25, -0.2) is 4.99 Å². The minimum atomic E-state index is 0.253. The molecule has 0 aromatic carbocycles. The van der Waals surface area contributed by atoms with Gasteiger partial charge in [0.2, 0.25) is 0 Å². The first-order valence-electron chi connectivity index (χ1n) is 5.82. The number of carbonyl (C=O) groups is 1. The lowest BCUT2D eigenvalue weighted by Crippen LogP contribution is -2.24. The summed E-state index contributed by atoms with van der Waals surface area (Å²) in [6, 6.07) is 0. The van der Waals surface area contributed by atoms with Gasteiger partial charge in [0.1, 0.15) is 13.1 Å². The average Bonchev–Trinajstić information content (AvgIpc) is 2.41. The zero-order chi connectivity index (χ0) is 15.4. The summed E-state index contributed by atoms with van der Waals surface area (Å²) in [6.07, 6.45) is 2.90. The first-order valence-corrected chi connectivity index (χ1v) is 6.20. The summed E-state index contributed by atoms with van der Waals surface area (Å²) >= 11 is 6.02. The Morgan fingerprint density at radius 1 is 1.53 bits per heavy atom. The molecule has 4 N–H and O–H groups in total. The SMILES string of the molecule is C/C=C(\N/C(C(Cl)=NC=N)=C(\C)CN)C(C)C.C=O. The zero-order valence-electron chi connectivity index (χ0n) is 12.0. The molecule has 0 saturated heterocycles. The predicted octanol–water partition coefficient (Wildman–Crippen LogP) is 2.43. The van der Waals surface area contributed by atoms with Crippen LogP contribution in [0.4, 0.5) is 0 Å². The van der Waals surface area contributed by atoms with Crippen molar-refractivity contribution in [2.24, 2.45) is 16.6 Å². The molecule has 0 bridgehead atoms.